The lowest BCUT2D eigenvalue weighted by molar-refractivity contribution is 0.140. The third-order valence-electron chi connectivity index (χ3n) is 5.84. The molecule has 0 aliphatic rings. The first-order valence-corrected chi connectivity index (χ1v) is 12.6. The summed E-state index contributed by atoms with van der Waals surface area (Å²) in [5, 5.41) is 0. The smallest absolute Gasteiger partial charge is 0.194 e. The second kappa shape index (κ2) is 8.68. The molecule has 0 heterocycles. The van der Waals surface area contributed by atoms with Gasteiger partial charge in [0.2, 0.25) is 0 Å². The molecular formula is C25H30OSi. The van der Waals surface area contributed by atoms with Crippen molar-refractivity contribution in [2.45, 2.75) is 44.5 Å². The van der Waals surface area contributed by atoms with Gasteiger partial charge in [0.1, 0.15) is 5.60 Å². The van der Waals surface area contributed by atoms with E-state index < -0.39 is 13.9 Å². The van der Waals surface area contributed by atoms with Crippen molar-refractivity contribution in [2.24, 2.45) is 0 Å². The summed E-state index contributed by atoms with van der Waals surface area (Å²) in [4.78, 5) is 0. The van der Waals surface area contributed by atoms with E-state index in [1.54, 1.807) is 0 Å². The first-order valence-electron chi connectivity index (χ1n) is 10.1. The third kappa shape index (κ3) is 3.78. The molecule has 3 aromatic carbocycles. The largest absolute Gasteiger partial charge is 0.399 e. The van der Waals surface area contributed by atoms with Gasteiger partial charge in [-0.25, -0.2) is 0 Å². The fourth-order valence-corrected chi connectivity index (χ4v) is 6.92. The van der Waals surface area contributed by atoms with E-state index in [2.05, 4.69) is 112 Å². The molecule has 1 nitrogen and oxygen atoms in total. The summed E-state index contributed by atoms with van der Waals surface area (Å²) >= 11 is 0. The molecule has 0 aliphatic carbocycles. The van der Waals surface area contributed by atoms with E-state index in [9.17, 15) is 0 Å². The van der Waals surface area contributed by atoms with Gasteiger partial charge in [-0.05, 0) is 34.8 Å². The van der Waals surface area contributed by atoms with Crippen LogP contribution in [0.4, 0.5) is 0 Å². The molecule has 3 aromatic rings. The van der Waals surface area contributed by atoms with Crippen LogP contribution in [0.15, 0.2) is 91.0 Å². The normalized spacial score (nSPS) is 12.1. The van der Waals surface area contributed by atoms with Crippen LogP contribution in [0.25, 0.3) is 0 Å². The molecule has 0 radical (unpaired) electrons. The number of hydrogen-bond acceptors (Lipinski definition) is 1. The molecule has 0 fully saturated rings. The molecule has 0 atom stereocenters. The molecule has 140 valence electrons. The van der Waals surface area contributed by atoms with Gasteiger partial charge in [-0.1, -0.05) is 112 Å². The zero-order valence-electron chi connectivity index (χ0n) is 16.7. The highest BCUT2D eigenvalue weighted by molar-refractivity contribution is 6.73. The lowest BCUT2D eigenvalue weighted by atomic mass is 9.80. The average molecular weight is 375 g/mol. The minimum absolute atomic E-state index is 0.571. The van der Waals surface area contributed by atoms with E-state index in [0.717, 1.165) is 18.1 Å². The van der Waals surface area contributed by atoms with Crippen LogP contribution in [0, 0.1) is 0 Å². The highest BCUT2D eigenvalue weighted by Gasteiger charge is 2.44. The molecular weight excluding hydrogens is 344 g/mol. The highest BCUT2D eigenvalue weighted by atomic mass is 28.4. The van der Waals surface area contributed by atoms with Crippen molar-refractivity contribution in [3.63, 3.8) is 0 Å². The SMILES string of the molecule is CC[Si](CC)(CC)OC(c1ccccc1)(c1ccccc1)c1ccccc1. The summed E-state index contributed by atoms with van der Waals surface area (Å²) in [5.74, 6) is 0. The van der Waals surface area contributed by atoms with Gasteiger partial charge in [-0.15, -0.1) is 0 Å². The Bertz CT molecular complexity index is 706. The van der Waals surface area contributed by atoms with Crippen molar-refractivity contribution in [3.05, 3.63) is 108 Å². The van der Waals surface area contributed by atoms with Gasteiger partial charge < -0.3 is 4.43 Å². The van der Waals surface area contributed by atoms with Crippen molar-refractivity contribution >= 4 is 8.32 Å². The van der Waals surface area contributed by atoms with Gasteiger partial charge in [0, 0.05) is 0 Å². The van der Waals surface area contributed by atoms with Gasteiger partial charge in [-0.2, -0.15) is 0 Å². The monoisotopic (exact) mass is 374 g/mol. The zero-order chi connectivity index (χ0) is 19.2. The molecule has 0 amide bonds. The molecule has 27 heavy (non-hydrogen) atoms. The van der Waals surface area contributed by atoms with Crippen LogP contribution in [0.1, 0.15) is 37.5 Å². The molecule has 0 bridgehead atoms. The molecule has 0 saturated heterocycles. The quantitative estimate of drug-likeness (QED) is 0.305. The summed E-state index contributed by atoms with van der Waals surface area (Å²) in [6, 6.07) is 35.5. The number of rotatable bonds is 8. The fourth-order valence-electron chi connectivity index (χ4n) is 3.99. The minimum Gasteiger partial charge on any atom is -0.399 e. The van der Waals surface area contributed by atoms with Gasteiger partial charge >= 0.3 is 0 Å². The van der Waals surface area contributed by atoms with Crippen LogP contribution >= 0.6 is 0 Å². The summed E-state index contributed by atoms with van der Waals surface area (Å²) in [7, 11) is -1.90. The fraction of sp³-hybridized carbons (Fsp3) is 0.280. The van der Waals surface area contributed by atoms with Gasteiger partial charge in [0.15, 0.2) is 8.32 Å². The van der Waals surface area contributed by atoms with E-state index in [0.29, 0.717) is 0 Å². The van der Waals surface area contributed by atoms with Crippen LogP contribution in [-0.4, -0.2) is 8.32 Å². The Labute approximate surface area is 165 Å². The summed E-state index contributed by atoms with van der Waals surface area (Å²) < 4.78 is 7.37. The van der Waals surface area contributed by atoms with Crippen LogP contribution < -0.4 is 0 Å². The molecule has 0 N–H and O–H groups in total. The molecule has 0 unspecified atom stereocenters. The maximum absolute atomic E-state index is 7.37. The average Bonchev–Trinajstić information content (AvgIpc) is 2.77. The highest BCUT2D eigenvalue weighted by Crippen LogP contribution is 2.44. The lowest BCUT2D eigenvalue weighted by Crippen LogP contribution is -2.47. The molecule has 0 spiro atoms. The number of benzene rings is 3. The molecule has 0 aliphatic heterocycles. The van der Waals surface area contributed by atoms with Crippen LogP contribution in [0.5, 0.6) is 0 Å². The number of hydrogen-bond donors (Lipinski definition) is 0. The Morgan fingerprint density at radius 3 is 1.11 bits per heavy atom. The third-order valence-corrected chi connectivity index (χ3v) is 10.4. The van der Waals surface area contributed by atoms with Gasteiger partial charge in [0.05, 0.1) is 0 Å². The summed E-state index contributed by atoms with van der Waals surface area (Å²) in [6.07, 6.45) is 0. The van der Waals surface area contributed by atoms with E-state index in [4.69, 9.17) is 4.43 Å². The second-order valence-corrected chi connectivity index (χ2v) is 11.8. The van der Waals surface area contributed by atoms with E-state index in [-0.39, 0.29) is 0 Å². The van der Waals surface area contributed by atoms with E-state index in [1.165, 1.54) is 16.7 Å². The molecule has 0 saturated carbocycles. The van der Waals surface area contributed by atoms with Crippen molar-refractivity contribution in [3.8, 4) is 0 Å². The van der Waals surface area contributed by atoms with Crippen molar-refractivity contribution < 1.29 is 4.43 Å². The maximum atomic E-state index is 7.37. The molecule has 2 heteroatoms. The standard InChI is InChI=1S/C25H30OSi/c1-4-27(5-2,6-3)26-25(22-16-10-7-11-17-22,23-18-12-8-13-19-23)24-20-14-9-15-21-24/h7-21H,4-6H2,1-3H3. The Balaban J connectivity index is 2.32. The van der Waals surface area contributed by atoms with E-state index in [1.807, 2.05) is 0 Å². The zero-order valence-corrected chi connectivity index (χ0v) is 17.7. The Kier molecular flexibility index (Phi) is 6.30. The second-order valence-electron chi connectivity index (χ2n) is 7.12. The van der Waals surface area contributed by atoms with Crippen LogP contribution in [0.3, 0.4) is 0 Å². The van der Waals surface area contributed by atoms with Crippen LogP contribution in [-0.2, 0) is 10.0 Å². The minimum atomic E-state index is -1.90. The van der Waals surface area contributed by atoms with Crippen molar-refractivity contribution in [1.29, 1.82) is 0 Å². The molecule has 0 aromatic heterocycles. The predicted molar refractivity (Wildman–Crippen MR) is 117 cm³/mol. The summed E-state index contributed by atoms with van der Waals surface area (Å²) in [6.45, 7) is 6.89. The van der Waals surface area contributed by atoms with Gasteiger partial charge in [-0.3, -0.25) is 0 Å². The van der Waals surface area contributed by atoms with Crippen LogP contribution in [0.2, 0.25) is 18.1 Å². The predicted octanol–water partition coefficient (Wildman–Crippen LogP) is 7.00. The molecule has 3 rings (SSSR count). The van der Waals surface area contributed by atoms with Gasteiger partial charge in [0.25, 0.3) is 0 Å². The van der Waals surface area contributed by atoms with E-state index >= 15 is 0 Å². The first kappa shape index (κ1) is 19.6. The Morgan fingerprint density at radius 1 is 0.556 bits per heavy atom. The first-order chi connectivity index (χ1) is 13.2. The Morgan fingerprint density at radius 2 is 0.852 bits per heavy atom. The maximum Gasteiger partial charge on any atom is 0.194 e. The lowest BCUT2D eigenvalue weighted by Gasteiger charge is -2.44. The Hall–Kier alpha value is -2.16. The van der Waals surface area contributed by atoms with Crippen molar-refractivity contribution in [2.75, 3.05) is 0 Å². The van der Waals surface area contributed by atoms with Crippen molar-refractivity contribution in [1.82, 2.24) is 0 Å². The summed E-state index contributed by atoms with van der Waals surface area (Å²) in [5.41, 5.74) is 3.04. The topological polar surface area (TPSA) is 9.23 Å².